The molecule has 0 aliphatic carbocycles. The number of aliphatic hydroxyl groups excluding tert-OH is 1. The van der Waals surface area contributed by atoms with Crippen molar-refractivity contribution >= 4 is 5.69 Å². The summed E-state index contributed by atoms with van der Waals surface area (Å²) >= 11 is 0. The van der Waals surface area contributed by atoms with E-state index in [-0.39, 0.29) is 6.54 Å². The van der Waals surface area contributed by atoms with Crippen LogP contribution in [-0.4, -0.2) is 50.1 Å². The molecule has 1 aromatic carbocycles. The van der Waals surface area contributed by atoms with Crippen LogP contribution in [0.1, 0.15) is 11.1 Å². The molecular formula is C15H22F3N2O+. The van der Waals surface area contributed by atoms with Crippen LogP contribution >= 0.6 is 0 Å². The number of nitrogens with one attached hydrogen (secondary N) is 1. The molecule has 0 aromatic heterocycles. The van der Waals surface area contributed by atoms with Gasteiger partial charge >= 0.3 is 6.18 Å². The lowest BCUT2D eigenvalue weighted by Gasteiger charge is -2.36. The summed E-state index contributed by atoms with van der Waals surface area (Å²) in [6.07, 6.45) is -6.74. The van der Waals surface area contributed by atoms with Gasteiger partial charge < -0.3 is 14.9 Å². The van der Waals surface area contributed by atoms with Gasteiger partial charge in [-0.2, -0.15) is 13.2 Å². The molecule has 118 valence electrons. The molecule has 1 atom stereocenters. The minimum absolute atomic E-state index is 0.260. The number of benzene rings is 1. The minimum Gasteiger partial charge on any atom is -0.379 e. The van der Waals surface area contributed by atoms with Crippen LogP contribution in [0.5, 0.6) is 0 Å². The molecule has 21 heavy (non-hydrogen) atoms. The number of aliphatic hydroxyl groups is 1. The second kappa shape index (κ2) is 6.23. The highest BCUT2D eigenvalue weighted by atomic mass is 19.4. The summed E-state index contributed by atoms with van der Waals surface area (Å²) in [5, 5.41) is 9.15. The van der Waals surface area contributed by atoms with E-state index < -0.39 is 12.3 Å². The predicted octanol–water partition coefficient (Wildman–Crippen LogP) is 0.932. The van der Waals surface area contributed by atoms with Crippen molar-refractivity contribution in [2.75, 3.05) is 37.6 Å². The summed E-state index contributed by atoms with van der Waals surface area (Å²) in [7, 11) is 0. The van der Waals surface area contributed by atoms with E-state index in [0.717, 1.165) is 4.90 Å². The molecule has 2 N–H and O–H groups in total. The Morgan fingerprint density at radius 2 is 1.71 bits per heavy atom. The first-order valence-corrected chi connectivity index (χ1v) is 7.18. The topological polar surface area (TPSA) is 27.9 Å². The zero-order valence-corrected chi connectivity index (χ0v) is 12.4. The monoisotopic (exact) mass is 303 g/mol. The van der Waals surface area contributed by atoms with E-state index in [1.807, 2.05) is 6.07 Å². The second-order valence-corrected chi connectivity index (χ2v) is 5.74. The Morgan fingerprint density at radius 1 is 1.19 bits per heavy atom. The third-order valence-electron chi connectivity index (χ3n) is 4.09. The minimum atomic E-state index is -4.52. The van der Waals surface area contributed by atoms with Gasteiger partial charge in [0.15, 0.2) is 6.10 Å². The highest BCUT2D eigenvalue weighted by Crippen LogP contribution is 2.24. The molecule has 0 amide bonds. The summed E-state index contributed by atoms with van der Waals surface area (Å²) in [5.74, 6) is 0. The second-order valence-electron chi connectivity index (χ2n) is 5.74. The van der Waals surface area contributed by atoms with Crippen LogP contribution in [-0.2, 0) is 0 Å². The van der Waals surface area contributed by atoms with Gasteiger partial charge in [-0.1, -0.05) is 18.2 Å². The molecule has 0 bridgehead atoms. The first-order valence-electron chi connectivity index (χ1n) is 7.18. The molecule has 1 aliphatic rings. The lowest BCUT2D eigenvalue weighted by atomic mass is 10.1. The fourth-order valence-electron chi connectivity index (χ4n) is 2.94. The zero-order valence-electron chi connectivity index (χ0n) is 12.4. The molecule has 2 rings (SSSR count). The first kappa shape index (κ1) is 16.1. The van der Waals surface area contributed by atoms with E-state index in [9.17, 15) is 13.2 Å². The number of nitrogens with zero attached hydrogens (tertiary/aromatic N) is 1. The van der Waals surface area contributed by atoms with Crippen molar-refractivity contribution in [3.8, 4) is 0 Å². The zero-order chi connectivity index (χ0) is 15.6. The number of piperazine rings is 1. The number of hydrogen-bond donors (Lipinski definition) is 2. The van der Waals surface area contributed by atoms with Gasteiger partial charge in [-0.3, -0.25) is 0 Å². The lowest BCUT2D eigenvalue weighted by Crippen LogP contribution is -3.16. The van der Waals surface area contributed by atoms with Crippen LogP contribution in [0.15, 0.2) is 18.2 Å². The van der Waals surface area contributed by atoms with E-state index >= 15 is 0 Å². The molecule has 0 spiro atoms. The molecule has 6 heteroatoms. The van der Waals surface area contributed by atoms with Gasteiger partial charge in [0.05, 0.1) is 26.2 Å². The van der Waals surface area contributed by atoms with Gasteiger partial charge in [0, 0.05) is 5.69 Å². The number of hydrogen-bond acceptors (Lipinski definition) is 2. The standard InChI is InChI=1S/C15H21F3N2O/c1-11-4-3-5-12(2)14(11)20-8-6-19(7-9-20)10-13(21)15(16,17)18/h3-5,13,21H,6-10H2,1-2H3/p+1/t13-/m1/s1. The van der Waals surface area contributed by atoms with Crippen molar-refractivity contribution in [3.05, 3.63) is 29.3 Å². The normalized spacial score (nSPS) is 18.9. The molecule has 0 radical (unpaired) electrons. The van der Waals surface area contributed by atoms with Crippen molar-refractivity contribution < 1.29 is 23.2 Å². The number of aryl methyl sites for hydroxylation is 2. The summed E-state index contributed by atoms with van der Waals surface area (Å²) < 4.78 is 37.1. The van der Waals surface area contributed by atoms with Gasteiger partial charge in [0.2, 0.25) is 0 Å². The molecule has 0 saturated carbocycles. The van der Waals surface area contributed by atoms with Crippen LogP contribution in [0, 0.1) is 13.8 Å². The number of anilines is 1. The first-order chi connectivity index (χ1) is 9.79. The third kappa shape index (κ3) is 3.89. The van der Waals surface area contributed by atoms with E-state index in [0.29, 0.717) is 26.2 Å². The molecule has 1 aliphatic heterocycles. The van der Waals surface area contributed by atoms with Gasteiger partial charge in [0.25, 0.3) is 0 Å². The van der Waals surface area contributed by atoms with Gasteiger partial charge in [0.1, 0.15) is 6.54 Å². The summed E-state index contributed by atoms with van der Waals surface area (Å²) in [6, 6.07) is 6.11. The maximum absolute atomic E-state index is 12.4. The maximum Gasteiger partial charge on any atom is 0.419 e. The predicted molar refractivity (Wildman–Crippen MR) is 75.8 cm³/mol. The Hall–Kier alpha value is -1.27. The van der Waals surface area contributed by atoms with Crippen molar-refractivity contribution in [3.63, 3.8) is 0 Å². The number of halogens is 3. The molecule has 1 saturated heterocycles. The molecule has 0 unspecified atom stereocenters. The summed E-state index contributed by atoms with van der Waals surface area (Å²) in [6.45, 7) is 6.49. The average Bonchev–Trinajstić information content (AvgIpc) is 2.39. The SMILES string of the molecule is Cc1cccc(C)c1N1CC[NH+](C[C@@H](O)C(F)(F)F)CC1. The average molecular weight is 303 g/mol. The number of para-hydroxylation sites is 1. The number of quaternary nitrogens is 1. The summed E-state index contributed by atoms with van der Waals surface area (Å²) in [5.41, 5.74) is 3.57. The van der Waals surface area contributed by atoms with E-state index in [1.54, 1.807) is 0 Å². The molecule has 3 nitrogen and oxygen atoms in total. The summed E-state index contributed by atoms with van der Waals surface area (Å²) in [4.78, 5) is 3.04. The quantitative estimate of drug-likeness (QED) is 0.869. The number of rotatable bonds is 3. The van der Waals surface area contributed by atoms with Gasteiger partial charge in [-0.25, -0.2) is 0 Å². The molecule has 1 aromatic rings. The van der Waals surface area contributed by atoms with Crippen LogP contribution < -0.4 is 9.80 Å². The van der Waals surface area contributed by atoms with Gasteiger partial charge in [-0.05, 0) is 25.0 Å². The van der Waals surface area contributed by atoms with Crippen molar-refractivity contribution in [2.45, 2.75) is 26.1 Å². The van der Waals surface area contributed by atoms with Crippen molar-refractivity contribution in [1.82, 2.24) is 0 Å². The Balaban J connectivity index is 1.95. The van der Waals surface area contributed by atoms with E-state index in [1.165, 1.54) is 16.8 Å². The highest BCUT2D eigenvalue weighted by molar-refractivity contribution is 5.58. The Bertz CT molecular complexity index is 462. The van der Waals surface area contributed by atoms with E-state index in [4.69, 9.17) is 5.11 Å². The van der Waals surface area contributed by atoms with Crippen LogP contribution in [0.2, 0.25) is 0 Å². The molecular weight excluding hydrogens is 281 g/mol. The lowest BCUT2D eigenvalue weighted by molar-refractivity contribution is -0.905. The molecule has 1 fully saturated rings. The largest absolute Gasteiger partial charge is 0.419 e. The van der Waals surface area contributed by atoms with Crippen LogP contribution in [0.3, 0.4) is 0 Å². The fourth-order valence-corrected chi connectivity index (χ4v) is 2.94. The fraction of sp³-hybridized carbons (Fsp3) is 0.600. The van der Waals surface area contributed by atoms with Crippen molar-refractivity contribution in [2.24, 2.45) is 0 Å². The maximum atomic E-state index is 12.4. The van der Waals surface area contributed by atoms with E-state index in [2.05, 4.69) is 30.9 Å². The van der Waals surface area contributed by atoms with Crippen LogP contribution in [0.4, 0.5) is 18.9 Å². The van der Waals surface area contributed by atoms with Crippen LogP contribution in [0.25, 0.3) is 0 Å². The molecule has 1 heterocycles. The highest BCUT2D eigenvalue weighted by Gasteiger charge is 2.41. The third-order valence-corrected chi connectivity index (χ3v) is 4.09. The Labute approximate surface area is 123 Å². The Morgan fingerprint density at radius 3 is 2.19 bits per heavy atom. The van der Waals surface area contributed by atoms with Crippen molar-refractivity contribution in [1.29, 1.82) is 0 Å². The Kier molecular flexibility index (Phi) is 4.78. The van der Waals surface area contributed by atoms with Gasteiger partial charge in [-0.15, -0.1) is 0 Å². The smallest absolute Gasteiger partial charge is 0.379 e. The number of alkyl halides is 3.